The second kappa shape index (κ2) is 4.23. The number of rotatable bonds is 3. The Labute approximate surface area is 92.3 Å². The molecule has 2 heterocycles. The van der Waals surface area contributed by atoms with Crippen LogP contribution in [0.1, 0.15) is 20.3 Å². The van der Waals surface area contributed by atoms with Crippen LogP contribution in [0.25, 0.3) is 0 Å². The van der Waals surface area contributed by atoms with Gasteiger partial charge in [0.05, 0.1) is 0 Å². The predicted molar refractivity (Wildman–Crippen MR) is 64.6 cm³/mol. The lowest BCUT2D eigenvalue weighted by Gasteiger charge is -2.30. The largest absolute Gasteiger partial charge is 0.366 e. The van der Waals surface area contributed by atoms with Crippen LogP contribution >= 0.6 is 0 Å². The molecule has 2 atom stereocenters. The van der Waals surface area contributed by atoms with E-state index in [9.17, 15) is 0 Å². The van der Waals surface area contributed by atoms with Crippen LogP contribution < -0.4 is 5.32 Å². The van der Waals surface area contributed by atoms with Crippen molar-refractivity contribution < 1.29 is 0 Å². The Morgan fingerprint density at radius 3 is 2.73 bits per heavy atom. The molecule has 0 spiro atoms. The van der Waals surface area contributed by atoms with E-state index in [-0.39, 0.29) is 0 Å². The van der Waals surface area contributed by atoms with Gasteiger partial charge in [-0.1, -0.05) is 24.3 Å². The number of hydrogen-bond acceptors (Lipinski definition) is 2. The maximum atomic E-state index is 3.89. The quantitative estimate of drug-likeness (QED) is 0.708. The number of piperazine rings is 1. The van der Waals surface area contributed by atoms with E-state index in [1.807, 2.05) is 6.92 Å². The number of hydrogen-bond donors (Lipinski definition) is 1. The molecular weight excluding hydrogens is 184 g/mol. The van der Waals surface area contributed by atoms with Gasteiger partial charge in [0.15, 0.2) is 0 Å². The molecular formula is C13H20N2. The van der Waals surface area contributed by atoms with Gasteiger partial charge in [-0.2, -0.15) is 0 Å². The Kier molecular flexibility index (Phi) is 2.96. The van der Waals surface area contributed by atoms with E-state index in [1.54, 1.807) is 0 Å². The zero-order chi connectivity index (χ0) is 10.8. The number of allylic oxidation sites excluding steroid dienone is 4. The van der Waals surface area contributed by atoms with E-state index in [2.05, 4.69) is 41.9 Å². The molecule has 82 valence electrons. The number of nitrogens with zero attached hydrogens (tertiary/aromatic N) is 1. The SMILES string of the molecule is C=C(C)/C=C\C(=C/C)N1CC2CC1CN2. The van der Waals surface area contributed by atoms with Crippen molar-refractivity contribution >= 4 is 0 Å². The van der Waals surface area contributed by atoms with Crippen molar-refractivity contribution in [3.8, 4) is 0 Å². The van der Waals surface area contributed by atoms with Crippen LogP contribution in [0.3, 0.4) is 0 Å². The molecule has 15 heavy (non-hydrogen) atoms. The lowest BCUT2D eigenvalue weighted by Crippen LogP contribution is -2.42. The van der Waals surface area contributed by atoms with Gasteiger partial charge in [0.1, 0.15) is 0 Å². The van der Waals surface area contributed by atoms with Crippen LogP contribution in [-0.4, -0.2) is 30.1 Å². The fraction of sp³-hybridized carbons (Fsp3) is 0.538. The summed E-state index contributed by atoms with van der Waals surface area (Å²) in [5, 5.41) is 3.52. The average Bonchev–Trinajstić information content (AvgIpc) is 2.79. The first kappa shape index (κ1) is 10.5. The monoisotopic (exact) mass is 204 g/mol. The van der Waals surface area contributed by atoms with Gasteiger partial charge in [0.25, 0.3) is 0 Å². The maximum absolute atomic E-state index is 3.89. The molecule has 0 aromatic rings. The van der Waals surface area contributed by atoms with Gasteiger partial charge in [0, 0.05) is 30.9 Å². The molecule has 2 aliphatic heterocycles. The van der Waals surface area contributed by atoms with Crippen molar-refractivity contribution in [2.45, 2.75) is 32.4 Å². The topological polar surface area (TPSA) is 15.3 Å². The average molecular weight is 204 g/mol. The van der Waals surface area contributed by atoms with E-state index in [0.29, 0.717) is 12.1 Å². The summed E-state index contributed by atoms with van der Waals surface area (Å²) in [6, 6.07) is 1.42. The Balaban J connectivity index is 2.05. The highest BCUT2D eigenvalue weighted by molar-refractivity contribution is 5.26. The number of fused-ring (bicyclic) bond motifs is 2. The van der Waals surface area contributed by atoms with Gasteiger partial charge in [-0.05, 0) is 26.3 Å². The van der Waals surface area contributed by atoms with Crippen molar-refractivity contribution in [1.82, 2.24) is 10.2 Å². The molecule has 0 aromatic carbocycles. The Bertz CT molecular complexity index is 314. The maximum Gasteiger partial charge on any atom is 0.0430 e. The highest BCUT2D eigenvalue weighted by atomic mass is 15.3. The zero-order valence-corrected chi connectivity index (χ0v) is 9.66. The molecule has 0 aliphatic carbocycles. The first-order valence-corrected chi connectivity index (χ1v) is 5.70. The number of likely N-dealkylation sites (tertiary alicyclic amines) is 1. The third-order valence-electron chi connectivity index (χ3n) is 3.22. The molecule has 1 N–H and O–H groups in total. The third kappa shape index (κ3) is 2.15. The molecule has 2 fully saturated rings. The molecule has 0 saturated carbocycles. The summed E-state index contributed by atoms with van der Waals surface area (Å²) >= 11 is 0. The zero-order valence-electron chi connectivity index (χ0n) is 9.66. The fourth-order valence-electron chi connectivity index (χ4n) is 2.46. The summed E-state index contributed by atoms with van der Waals surface area (Å²) in [5.74, 6) is 0. The van der Waals surface area contributed by atoms with Gasteiger partial charge < -0.3 is 10.2 Å². The van der Waals surface area contributed by atoms with Crippen LogP contribution in [-0.2, 0) is 0 Å². The van der Waals surface area contributed by atoms with Crippen LogP contribution in [0.5, 0.6) is 0 Å². The Morgan fingerprint density at radius 1 is 1.47 bits per heavy atom. The molecule has 2 heteroatoms. The first-order valence-electron chi connectivity index (χ1n) is 5.70. The summed E-state index contributed by atoms with van der Waals surface area (Å²) in [7, 11) is 0. The molecule has 0 aromatic heterocycles. The molecule has 2 saturated heterocycles. The van der Waals surface area contributed by atoms with Crippen molar-refractivity contribution in [3.63, 3.8) is 0 Å². The van der Waals surface area contributed by atoms with Gasteiger partial charge in [-0.15, -0.1) is 0 Å². The van der Waals surface area contributed by atoms with Gasteiger partial charge in [-0.25, -0.2) is 0 Å². The van der Waals surface area contributed by atoms with Crippen molar-refractivity contribution in [1.29, 1.82) is 0 Å². The van der Waals surface area contributed by atoms with E-state index in [0.717, 1.165) is 18.7 Å². The van der Waals surface area contributed by atoms with Crippen molar-refractivity contribution in [2.24, 2.45) is 0 Å². The molecule has 2 rings (SSSR count). The van der Waals surface area contributed by atoms with E-state index in [1.165, 1.54) is 12.1 Å². The minimum absolute atomic E-state index is 0.705. The van der Waals surface area contributed by atoms with E-state index in [4.69, 9.17) is 0 Å². The van der Waals surface area contributed by atoms with Crippen molar-refractivity contribution in [3.05, 3.63) is 36.1 Å². The summed E-state index contributed by atoms with van der Waals surface area (Å²) in [6.45, 7) is 10.3. The highest BCUT2D eigenvalue weighted by Crippen LogP contribution is 2.27. The van der Waals surface area contributed by atoms with Gasteiger partial charge >= 0.3 is 0 Å². The molecule has 0 radical (unpaired) electrons. The summed E-state index contributed by atoms with van der Waals surface area (Å²) in [6.07, 6.45) is 7.77. The second-order valence-electron chi connectivity index (χ2n) is 4.54. The smallest absolute Gasteiger partial charge is 0.0430 e. The van der Waals surface area contributed by atoms with E-state index >= 15 is 0 Å². The second-order valence-corrected chi connectivity index (χ2v) is 4.54. The minimum atomic E-state index is 0.705. The summed E-state index contributed by atoms with van der Waals surface area (Å²) in [5.41, 5.74) is 2.45. The van der Waals surface area contributed by atoms with E-state index < -0.39 is 0 Å². The molecule has 2 unspecified atom stereocenters. The standard InChI is InChI=1S/C13H20N2/c1-4-12(6-5-10(2)3)15-9-11-7-13(15)8-14-11/h4-6,11,13-14H,2,7-9H2,1,3H3/b6-5-,12-4+. The molecule has 2 nitrogen and oxygen atoms in total. The molecule has 0 amide bonds. The first-order chi connectivity index (χ1) is 7.20. The highest BCUT2D eigenvalue weighted by Gasteiger charge is 2.37. The predicted octanol–water partition coefficient (Wildman–Crippen LogP) is 2.07. The Hall–Kier alpha value is -1.02. The van der Waals surface area contributed by atoms with Crippen LogP contribution in [0, 0.1) is 0 Å². The fourth-order valence-corrected chi connectivity index (χ4v) is 2.46. The van der Waals surface area contributed by atoms with Gasteiger partial charge in [0.2, 0.25) is 0 Å². The molecule has 2 bridgehead atoms. The number of nitrogens with one attached hydrogen (secondary N) is 1. The Morgan fingerprint density at radius 2 is 2.27 bits per heavy atom. The van der Waals surface area contributed by atoms with Crippen LogP contribution in [0.15, 0.2) is 36.1 Å². The van der Waals surface area contributed by atoms with Crippen molar-refractivity contribution in [2.75, 3.05) is 13.1 Å². The summed E-state index contributed by atoms with van der Waals surface area (Å²) in [4.78, 5) is 2.51. The lowest BCUT2D eigenvalue weighted by atomic mass is 10.2. The minimum Gasteiger partial charge on any atom is -0.366 e. The lowest BCUT2D eigenvalue weighted by molar-refractivity contribution is 0.292. The normalized spacial score (nSPS) is 30.5. The van der Waals surface area contributed by atoms with Crippen LogP contribution in [0.4, 0.5) is 0 Å². The summed E-state index contributed by atoms with van der Waals surface area (Å²) < 4.78 is 0. The van der Waals surface area contributed by atoms with Crippen LogP contribution in [0.2, 0.25) is 0 Å². The third-order valence-corrected chi connectivity index (χ3v) is 3.22. The molecule has 2 aliphatic rings. The van der Waals surface area contributed by atoms with Gasteiger partial charge in [-0.3, -0.25) is 0 Å².